The number of carbonyl (C=O) groups is 1. The highest BCUT2D eigenvalue weighted by molar-refractivity contribution is 7.89. The van der Waals surface area contributed by atoms with E-state index in [-0.39, 0.29) is 23.0 Å². The van der Waals surface area contributed by atoms with E-state index in [1.807, 2.05) is 30.3 Å². The molecule has 1 amide bonds. The van der Waals surface area contributed by atoms with Crippen molar-refractivity contribution in [3.8, 4) is 5.75 Å². The third-order valence-electron chi connectivity index (χ3n) is 4.34. The number of para-hydroxylation sites is 1. The van der Waals surface area contributed by atoms with Crippen LogP contribution in [0.25, 0.3) is 10.9 Å². The van der Waals surface area contributed by atoms with Gasteiger partial charge in [0.05, 0.1) is 17.1 Å². The van der Waals surface area contributed by atoms with Crippen LogP contribution >= 0.6 is 0 Å². The first-order valence-electron chi connectivity index (χ1n) is 9.84. The molecule has 1 heterocycles. The van der Waals surface area contributed by atoms with E-state index in [1.54, 1.807) is 20.0 Å². The largest absolute Gasteiger partial charge is 0.491 e. The molecule has 0 aliphatic heterocycles. The van der Waals surface area contributed by atoms with Crippen molar-refractivity contribution in [2.24, 2.45) is 0 Å². The summed E-state index contributed by atoms with van der Waals surface area (Å²) < 4.78 is 46.8. The second-order valence-electron chi connectivity index (χ2n) is 7.21. The van der Waals surface area contributed by atoms with Crippen LogP contribution in [0.3, 0.4) is 0 Å². The molecule has 0 saturated carbocycles. The fraction of sp³-hybridized carbons (Fsp3) is 0.273. The molecule has 2 aromatic carbocycles. The number of hydrogen-bond acceptors (Lipinski definition) is 5. The number of carbonyl (C=O) groups excluding carboxylic acids is 1. The fourth-order valence-electron chi connectivity index (χ4n) is 2.97. The van der Waals surface area contributed by atoms with Gasteiger partial charge in [0.1, 0.15) is 17.1 Å². The number of halogens is 1. The minimum absolute atomic E-state index is 0.167. The number of nitrogens with one attached hydrogen (secondary N) is 2. The van der Waals surface area contributed by atoms with Crippen molar-refractivity contribution in [3.63, 3.8) is 0 Å². The van der Waals surface area contributed by atoms with E-state index in [0.29, 0.717) is 18.8 Å². The molecule has 0 radical (unpaired) electrons. The molecule has 0 saturated heterocycles. The van der Waals surface area contributed by atoms with Gasteiger partial charge in [-0.05, 0) is 50.6 Å². The molecule has 0 fully saturated rings. The summed E-state index contributed by atoms with van der Waals surface area (Å²) in [5.74, 6) is -0.837. The highest BCUT2D eigenvalue weighted by Gasteiger charge is 2.20. The summed E-state index contributed by atoms with van der Waals surface area (Å²) in [5, 5.41) is 3.56. The third kappa shape index (κ3) is 5.77. The predicted octanol–water partition coefficient (Wildman–Crippen LogP) is 3.26. The molecule has 0 unspecified atom stereocenters. The highest BCUT2D eigenvalue weighted by Crippen LogP contribution is 2.23. The zero-order valence-corrected chi connectivity index (χ0v) is 18.1. The Morgan fingerprint density at radius 1 is 1.16 bits per heavy atom. The van der Waals surface area contributed by atoms with Crippen molar-refractivity contribution >= 4 is 26.8 Å². The Balaban J connectivity index is 1.57. The number of rotatable bonds is 9. The predicted molar refractivity (Wildman–Crippen MR) is 116 cm³/mol. The number of aromatic nitrogens is 1. The first-order chi connectivity index (χ1) is 14.8. The van der Waals surface area contributed by atoms with Crippen LogP contribution in [0.2, 0.25) is 0 Å². The lowest BCUT2D eigenvalue weighted by molar-refractivity contribution is 0.0947. The lowest BCUT2D eigenvalue weighted by Gasteiger charge is -2.12. The number of sulfonamides is 1. The number of hydrogen-bond donors (Lipinski definition) is 2. The minimum Gasteiger partial charge on any atom is -0.491 e. The molecule has 0 bridgehead atoms. The molecule has 0 aliphatic carbocycles. The zero-order valence-electron chi connectivity index (χ0n) is 17.3. The van der Waals surface area contributed by atoms with Gasteiger partial charge in [-0.25, -0.2) is 17.5 Å². The van der Waals surface area contributed by atoms with Crippen molar-refractivity contribution < 1.29 is 22.3 Å². The number of nitrogens with zero attached hydrogens (tertiary/aromatic N) is 1. The maximum absolute atomic E-state index is 14.1. The summed E-state index contributed by atoms with van der Waals surface area (Å²) >= 11 is 0. The Bertz CT molecular complexity index is 1180. The van der Waals surface area contributed by atoms with Gasteiger partial charge in [0, 0.05) is 24.2 Å². The first kappa shape index (κ1) is 22.6. The van der Waals surface area contributed by atoms with Crippen molar-refractivity contribution in [1.82, 2.24) is 15.0 Å². The van der Waals surface area contributed by atoms with E-state index in [4.69, 9.17) is 4.74 Å². The second kappa shape index (κ2) is 9.84. The van der Waals surface area contributed by atoms with E-state index < -0.39 is 21.7 Å². The van der Waals surface area contributed by atoms with Crippen LogP contribution in [0, 0.1) is 5.82 Å². The van der Waals surface area contributed by atoms with Gasteiger partial charge in [-0.1, -0.05) is 18.2 Å². The quantitative estimate of drug-likeness (QED) is 0.493. The number of fused-ring (bicyclic) bond motifs is 1. The van der Waals surface area contributed by atoms with Crippen LogP contribution in [0.5, 0.6) is 5.75 Å². The van der Waals surface area contributed by atoms with E-state index >= 15 is 0 Å². The molecule has 7 nitrogen and oxygen atoms in total. The van der Waals surface area contributed by atoms with Crippen LogP contribution in [0.1, 0.15) is 30.6 Å². The van der Waals surface area contributed by atoms with E-state index in [1.165, 1.54) is 0 Å². The van der Waals surface area contributed by atoms with Gasteiger partial charge in [-0.15, -0.1) is 0 Å². The van der Waals surface area contributed by atoms with Crippen LogP contribution in [-0.2, 0) is 10.0 Å². The summed E-state index contributed by atoms with van der Waals surface area (Å²) in [6.45, 7) is 3.90. The highest BCUT2D eigenvalue weighted by atomic mass is 32.2. The Morgan fingerprint density at radius 2 is 1.94 bits per heavy atom. The normalized spacial score (nSPS) is 11.6. The molecule has 0 atom stereocenters. The molecular formula is C22H24FN3O4S. The monoisotopic (exact) mass is 445 g/mol. The van der Waals surface area contributed by atoms with E-state index in [2.05, 4.69) is 15.0 Å². The summed E-state index contributed by atoms with van der Waals surface area (Å²) in [6.07, 6.45) is 2.17. The van der Waals surface area contributed by atoms with Gasteiger partial charge >= 0.3 is 0 Å². The van der Waals surface area contributed by atoms with Crippen LogP contribution in [0.15, 0.2) is 59.6 Å². The number of pyridine rings is 1. The van der Waals surface area contributed by atoms with Crippen molar-refractivity contribution in [3.05, 3.63) is 66.1 Å². The third-order valence-corrected chi connectivity index (χ3v) is 6.00. The molecule has 31 heavy (non-hydrogen) atoms. The SMILES string of the molecule is CC(C)NS(=O)(=O)c1ccc(F)c(C(=O)NCCCOc2cccc3cccnc23)c1. The Labute approximate surface area is 180 Å². The summed E-state index contributed by atoms with van der Waals surface area (Å²) in [5.41, 5.74) is 0.426. The van der Waals surface area contributed by atoms with E-state index in [0.717, 1.165) is 29.1 Å². The van der Waals surface area contributed by atoms with Crippen molar-refractivity contribution in [2.75, 3.05) is 13.2 Å². The molecule has 1 aromatic heterocycles. The van der Waals surface area contributed by atoms with E-state index in [9.17, 15) is 17.6 Å². The molecule has 9 heteroatoms. The van der Waals surface area contributed by atoms with Gasteiger partial charge in [-0.3, -0.25) is 9.78 Å². The molecule has 3 rings (SSSR count). The topological polar surface area (TPSA) is 97.4 Å². The van der Waals surface area contributed by atoms with Crippen molar-refractivity contribution in [1.29, 1.82) is 0 Å². The average Bonchev–Trinajstić information content (AvgIpc) is 2.72. The van der Waals surface area contributed by atoms with Crippen molar-refractivity contribution in [2.45, 2.75) is 31.2 Å². The molecule has 0 spiro atoms. The summed E-state index contributed by atoms with van der Waals surface area (Å²) in [6, 6.07) is 12.2. The van der Waals surface area contributed by atoms with Crippen LogP contribution < -0.4 is 14.8 Å². The Morgan fingerprint density at radius 3 is 2.71 bits per heavy atom. The number of benzene rings is 2. The standard InChI is InChI=1S/C22H24FN3O4S/c1-15(2)26-31(28,29)17-9-10-19(23)18(14-17)22(27)25-12-5-13-30-20-8-3-6-16-7-4-11-24-21(16)20/h3-4,6-11,14-15,26H,5,12-13H2,1-2H3,(H,25,27). The molecule has 164 valence electrons. The molecule has 0 aliphatic rings. The fourth-order valence-corrected chi connectivity index (χ4v) is 4.24. The molecule has 2 N–H and O–H groups in total. The Kier molecular flexibility index (Phi) is 7.19. The summed E-state index contributed by atoms with van der Waals surface area (Å²) in [4.78, 5) is 16.5. The van der Waals surface area contributed by atoms with Crippen LogP contribution in [-0.4, -0.2) is 38.5 Å². The first-order valence-corrected chi connectivity index (χ1v) is 11.3. The second-order valence-corrected chi connectivity index (χ2v) is 8.92. The van der Waals surface area contributed by atoms with Gasteiger partial charge in [0.2, 0.25) is 10.0 Å². The minimum atomic E-state index is -3.83. The van der Waals surface area contributed by atoms with Gasteiger partial charge in [0.25, 0.3) is 5.91 Å². The summed E-state index contributed by atoms with van der Waals surface area (Å²) in [7, 11) is -3.83. The van der Waals surface area contributed by atoms with Crippen LogP contribution in [0.4, 0.5) is 4.39 Å². The smallest absolute Gasteiger partial charge is 0.254 e. The zero-order chi connectivity index (χ0) is 22.4. The number of ether oxygens (including phenoxy) is 1. The lowest BCUT2D eigenvalue weighted by Crippen LogP contribution is -2.31. The molecule has 3 aromatic rings. The average molecular weight is 446 g/mol. The maximum atomic E-state index is 14.1. The van der Waals surface area contributed by atoms with Gasteiger partial charge in [-0.2, -0.15) is 0 Å². The van der Waals surface area contributed by atoms with Gasteiger partial charge in [0.15, 0.2) is 0 Å². The Hall–Kier alpha value is -3.04. The maximum Gasteiger partial charge on any atom is 0.254 e. The number of amides is 1. The van der Waals surface area contributed by atoms with Gasteiger partial charge < -0.3 is 10.1 Å². The molecular weight excluding hydrogens is 421 g/mol. The lowest BCUT2D eigenvalue weighted by atomic mass is 10.2.